The molecule has 4 aliphatic carbocycles. The minimum Gasteiger partial charge on any atom is -0.462 e. The lowest BCUT2D eigenvalue weighted by Gasteiger charge is -2.53. The van der Waals surface area contributed by atoms with Gasteiger partial charge in [-0.1, -0.05) is 48.0 Å². The highest BCUT2D eigenvalue weighted by molar-refractivity contribution is 5.96. The van der Waals surface area contributed by atoms with Gasteiger partial charge in [-0.15, -0.1) is 0 Å². The van der Waals surface area contributed by atoms with E-state index >= 15 is 0 Å². The number of fused-ring (bicyclic) bond motifs is 5. The molecule has 0 bridgehead atoms. The van der Waals surface area contributed by atoms with Crippen molar-refractivity contribution in [1.29, 1.82) is 0 Å². The lowest BCUT2D eigenvalue weighted by atomic mass is 9.52. The molecule has 0 saturated heterocycles. The van der Waals surface area contributed by atoms with Gasteiger partial charge < -0.3 is 9.57 Å². The van der Waals surface area contributed by atoms with Gasteiger partial charge in [0.15, 0.2) is 0 Å². The molecule has 5 rings (SSSR count). The van der Waals surface area contributed by atoms with Crippen LogP contribution in [0.2, 0.25) is 0 Å². The normalized spacial score (nSPS) is 37.1. The number of oxime groups is 1. The number of esters is 1. The van der Waals surface area contributed by atoms with Crippen LogP contribution in [-0.4, -0.2) is 24.9 Å². The zero-order chi connectivity index (χ0) is 22.1. The van der Waals surface area contributed by atoms with Crippen LogP contribution < -0.4 is 0 Å². The molecule has 172 valence electrons. The SMILES string of the molecule is CO/N=C1\C=C2CC[C@@H]3[C@H](CC[C@]4(C)C(OC(=O)CCc5ccccc5)CC[C@@H]34)[C@H]2CC1. The second-order valence-electron chi connectivity index (χ2n) is 10.7. The van der Waals surface area contributed by atoms with E-state index in [1.807, 2.05) is 18.2 Å². The first-order chi connectivity index (χ1) is 15.6. The summed E-state index contributed by atoms with van der Waals surface area (Å²) in [5.41, 5.74) is 4.08. The van der Waals surface area contributed by atoms with Crippen molar-refractivity contribution in [1.82, 2.24) is 0 Å². The van der Waals surface area contributed by atoms with Crippen molar-refractivity contribution in [2.75, 3.05) is 7.11 Å². The van der Waals surface area contributed by atoms with Gasteiger partial charge in [0.1, 0.15) is 13.2 Å². The van der Waals surface area contributed by atoms with E-state index in [-0.39, 0.29) is 17.5 Å². The molecule has 0 aliphatic heterocycles. The van der Waals surface area contributed by atoms with Crippen molar-refractivity contribution in [3.05, 3.63) is 47.5 Å². The third-order valence-corrected chi connectivity index (χ3v) is 9.17. The Balaban J connectivity index is 1.23. The molecule has 4 aliphatic rings. The number of benzene rings is 1. The number of carbonyl (C=O) groups excluding carboxylic acids is 1. The first kappa shape index (κ1) is 21.7. The summed E-state index contributed by atoms with van der Waals surface area (Å²) in [5.74, 6) is 2.98. The minimum atomic E-state index is -0.0195. The van der Waals surface area contributed by atoms with Crippen molar-refractivity contribution in [3.8, 4) is 0 Å². The van der Waals surface area contributed by atoms with Crippen LogP contribution in [0.1, 0.15) is 70.3 Å². The van der Waals surface area contributed by atoms with Gasteiger partial charge in [0.05, 0.1) is 5.71 Å². The number of aryl methyl sites for hydroxylation is 1. The highest BCUT2D eigenvalue weighted by atomic mass is 16.6. The van der Waals surface area contributed by atoms with Crippen molar-refractivity contribution in [3.63, 3.8) is 0 Å². The number of allylic oxidation sites excluding steroid dienone is 2. The van der Waals surface area contributed by atoms with Crippen molar-refractivity contribution in [2.45, 2.75) is 77.2 Å². The Hall–Kier alpha value is -2.10. The molecular weight excluding hydrogens is 398 g/mol. The fraction of sp³-hybridized carbons (Fsp3) is 0.643. The Labute approximate surface area is 192 Å². The summed E-state index contributed by atoms with van der Waals surface area (Å²) in [4.78, 5) is 17.7. The Kier molecular flexibility index (Phi) is 6.14. The quantitative estimate of drug-likeness (QED) is 0.414. The molecule has 6 atom stereocenters. The minimum absolute atomic E-state index is 0.0195. The molecule has 4 nitrogen and oxygen atoms in total. The average Bonchev–Trinajstić information content (AvgIpc) is 3.14. The Morgan fingerprint density at radius 2 is 1.91 bits per heavy atom. The highest BCUT2D eigenvalue weighted by Gasteiger charge is 2.57. The topological polar surface area (TPSA) is 47.9 Å². The molecule has 1 aromatic rings. The predicted octanol–water partition coefficient (Wildman–Crippen LogP) is 6.11. The number of carbonyl (C=O) groups is 1. The van der Waals surface area contributed by atoms with Crippen molar-refractivity contribution in [2.24, 2.45) is 34.2 Å². The maximum Gasteiger partial charge on any atom is 0.306 e. The Morgan fingerprint density at radius 1 is 1.06 bits per heavy atom. The second kappa shape index (κ2) is 9.03. The number of ether oxygens (including phenoxy) is 1. The summed E-state index contributed by atoms with van der Waals surface area (Å²) in [7, 11) is 1.64. The van der Waals surface area contributed by atoms with E-state index in [0.29, 0.717) is 12.3 Å². The molecule has 0 aromatic heterocycles. The molecule has 0 spiro atoms. The summed E-state index contributed by atoms with van der Waals surface area (Å²) in [6, 6.07) is 10.3. The second-order valence-corrected chi connectivity index (χ2v) is 10.7. The van der Waals surface area contributed by atoms with Crippen LogP contribution in [-0.2, 0) is 20.8 Å². The molecule has 0 amide bonds. The average molecular weight is 436 g/mol. The monoisotopic (exact) mass is 435 g/mol. The maximum absolute atomic E-state index is 12.7. The molecule has 1 aromatic carbocycles. The van der Waals surface area contributed by atoms with Gasteiger partial charge in [-0.25, -0.2) is 0 Å². The van der Waals surface area contributed by atoms with E-state index in [2.05, 4.69) is 30.3 Å². The molecule has 0 N–H and O–H groups in total. The lowest BCUT2D eigenvalue weighted by molar-refractivity contribution is -0.158. The standard InChI is InChI=1S/C28H37NO3/c1-28-17-16-23-22-12-10-21(29-31-2)18-20(22)9-11-24(23)25(28)13-14-26(28)32-27(30)15-8-19-6-4-3-5-7-19/h3-7,18,22-26H,8-17H2,1-2H3/b29-21-/t22-,23+,24+,25-,26?,28-/m0/s1. The zero-order valence-electron chi connectivity index (χ0n) is 19.6. The lowest BCUT2D eigenvalue weighted by Crippen LogP contribution is -2.48. The fourth-order valence-electron chi connectivity index (χ4n) is 7.64. The third kappa shape index (κ3) is 4.02. The molecule has 32 heavy (non-hydrogen) atoms. The summed E-state index contributed by atoms with van der Waals surface area (Å²) in [5, 5.41) is 4.21. The molecule has 1 unspecified atom stereocenters. The van der Waals surface area contributed by atoms with Crippen molar-refractivity contribution < 1.29 is 14.4 Å². The number of hydrogen-bond donors (Lipinski definition) is 0. The van der Waals surface area contributed by atoms with E-state index in [4.69, 9.17) is 9.57 Å². The van der Waals surface area contributed by atoms with E-state index in [1.165, 1.54) is 44.1 Å². The van der Waals surface area contributed by atoms with Crippen LogP contribution in [0.5, 0.6) is 0 Å². The van der Waals surface area contributed by atoms with Gasteiger partial charge in [-0.2, -0.15) is 0 Å². The van der Waals surface area contributed by atoms with Crippen LogP contribution in [0.4, 0.5) is 0 Å². The van der Waals surface area contributed by atoms with Crippen LogP contribution in [0.25, 0.3) is 0 Å². The van der Waals surface area contributed by atoms with Gasteiger partial charge >= 0.3 is 5.97 Å². The highest BCUT2D eigenvalue weighted by Crippen LogP contribution is 2.62. The predicted molar refractivity (Wildman–Crippen MR) is 126 cm³/mol. The number of nitrogens with zero attached hydrogens (tertiary/aromatic N) is 1. The van der Waals surface area contributed by atoms with Crippen LogP contribution in [0.15, 0.2) is 47.1 Å². The first-order valence-electron chi connectivity index (χ1n) is 12.6. The smallest absolute Gasteiger partial charge is 0.306 e. The number of rotatable bonds is 5. The number of hydrogen-bond acceptors (Lipinski definition) is 4. The van der Waals surface area contributed by atoms with Gasteiger partial charge in [0.25, 0.3) is 0 Å². The van der Waals surface area contributed by atoms with Gasteiger partial charge in [-0.3, -0.25) is 4.79 Å². The molecular formula is C28H37NO3. The van der Waals surface area contributed by atoms with Crippen LogP contribution >= 0.6 is 0 Å². The van der Waals surface area contributed by atoms with Crippen LogP contribution in [0.3, 0.4) is 0 Å². The molecule has 3 fully saturated rings. The largest absolute Gasteiger partial charge is 0.462 e. The van der Waals surface area contributed by atoms with Gasteiger partial charge in [-0.05, 0) is 93.1 Å². The summed E-state index contributed by atoms with van der Waals surface area (Å²) in [6.45, 7) is 2.42. The summed E-state index contributed by atoms with van der Waals surface area (Å²) in [6.07, 6.45) is 13.1. The first-order valence-corrected chi connectivity index (χ1v) is 12.6. The zero-order valence-corrected chi connectivity index (χ0v) is 19.6. The van der Waals surface area contributed by atoms with E-state index < -0.39 is 0 Å². The summed E-state index contributed by atoms with van der Waals surface area (Å²) >= 11 is 0. The Bertz CT molecular complexity index is 891. The van der Waals surface area contributed by atoms with Gasteiger partial charge in [0.2, 0.25) is 0 Å². The van der Waals surface area contributed by atoms with Gasteiger partial charge in [0, 0.05) is 11.8 Å². The maximum atomic E-state index is 12.7. The fourth-order valence-corrected chi connectivity index (χ4v) is 7.64. The van der Waals surface area contributed by atoms with Crippen LogP contribution in [0, 0.1) is 29.1 Å². The van der Waals surface area contributed by atoms with Crippen molar-refractivity contribution >= 4 is 11.7 Å². The molecule has 4 heteroatoms. The molecule has 0 heterocycles. The van der Waals surface area contributed by atoms with E-state index in [1.54, 1.807) is 12.7 Å². The summed E-state index contributed by atoms with van der Waals surface area (Å²) < 4.78 is 6.15. The Morgan fingerprint density at radius 3 is 2.72 bits per heavy atom. The molecule has 0 radical (unpaired) electrons. The van der Waals surface area contributed by atoms with E-state index in [9.17, 15) is 4.79 Å². The van der Waals surface area contributed by atoms with E-state index in [0.717, 1.165) is 42.7 Å². The third-order valence-electron chi connectivity index (χ3n) is 9.17. The molecule has 3 saturated carbocycles.